The van der Waals surface area contributed by atoms with Crippen molar-refractivity contribution in [1.82, 2.24) is 4.98 Å². The molecule has 0 aromatic carbocycles. The van der Waals surface area contributed by atoms with Crippen molar-refractivity contribution in [1.29, 1.82) is 0 Å². The van der Waals surface area contributed by atoms with Crippen LogP contribution in [0.1, 0.15) is 28.2 Å². The van der Waals surface area contributed by atoms with Crippen LogP contribution in [0.4, 0.5) is 8.78 Å². The van der Waals surface area contributed by atoms with Gasteiger partial charge in [0.1, 0.15) is 5.69 Å². The second-order valence-corrected chi connectivity index (χ2v) is 3.71. The van der Waals surface area contributed by atoms with Crippen molar-refractivity contribution < 1.29 is 18.7 Å². The van der Waals surface area contributed by atoms with Crippen molar-refractivity contribution >= 4 is 33.5 Å². The fraction of sp³-hybridized carbons (Fsp3) is 0.250. The molecule has 0 aliphatic heterocycles. The summed E-state index contributed by atoms with van der Waals surface area (Å²) in [5.41, 5.74) is -0.759. The predicted octanol–water partition coefficient (Wildman–Crippen LogP) is 3.22. The molecule has 3 nitrogen and oxygen atoms in total. The molecule has 0 unspecified atom stereocenters. The third-order valence-corrected chi connectivity index (χ3v) is 2.51. The second-order valence-electron chi connectivity index (χ2n) is 2.59. The summed E-state index contributed by atoms with van der Waals surface area (Å²) in [7, 11) is 0. The Kier molecular flexibility index (Phi) is 3.98. The van der Waals surface area contributed by atoms with Crippen LogP contribution in [0, 0.1) is 0 Å². The van der Waals surface area contributed by atoms with E-state index in [1.54, 1.807) is 0 Å². The van der Waals surface area contributed by atoms with E-state index in [4.69, 9.17) is 16.7 Å². The molecule has 0 fully saturated rings. The maximum Gasteiger partial charge on any atom is 0.338 e. The Morgan fingerprint density at radius 2 is 2.27 bits per heavy atom. The van der Waals surface area contributed by atoms with Crippen molar-refractivity contribution in [3.8, 4) is 0 Å². The highest BCUT2D eigenvalue weighted by Crippen LogP contribution is 2.26. The first-order valence-corrected chi connectivity index (χ1v) is 5.06. The third kappa shape index (κ3) is 2.63. The van der Waals surface area contributed by atoms with Gasteiger partial charge in [0.25, 0.3) is 6.43 Å². The van der Waals surface area contributed by atoms with Gasteiger partial charge in [-0.3, -0.25) is 0 Å². The Bertz CT molecular complexity index is 400. The minimum atomic E-state index is -2.76. The molecule has 0 aliphatic rings. The summed E-state index contributed by atoms with van der Waals surface area (Å²) in [6, 6.07) is 0.976. The first-order valence-electron chi connectivity index (χ1n) is 3.74. The van der Waals surface area contributed by atoms with E-state index in [0.29, 0.717) is 0 Å². The number of carboxylic acids is 1. The van der Waals surface area contributed by atoms with Crippen LogP contribution in [0.3, 0.4) is 0 Å². The summed E-state index contributed by atoms with van der Waals surface area (Å²) < 4.78 is 24.7. The molecule has 0 radical (unpaired) electrons. The van der Waals surface area contributed by atoms with E-state index >= 15 is 0 Å². The molecule has 82 valence electrons. The molecule has 1 aromatic rings. The summed E-state index contributed by atoms with van der Waals surface area (Å²) in [6.45, 7) is 0. The van der Waals surface area contributed by atoms with Crippen molar-refractivity contribution in [2.75, 3.05) is 0 Å². The molecule has 0 saturated heterocycles. The Morgan fingerprint density at radius 3 is 2.67 bits per heavy atom. The number of carbonyl (C=O) groups is 1. The lowest BCUT2D eigenvalue weighted by atomic mass is 10.2. The monoisotopic (exact) mass is 299 g/mol. The molecule has 0 amide bonds. The minimum Gasteiger partial charge on any atom is -0.478 e. The number of carboxylic acid groups (broad SMARTS) is 1. The number of aromatic nitrogens is 1. The molecule has 0 aliphatic carbocycles. The molecule has 1 heterocycles. The molecule has 1 aromatic heterocycles. The molecule has 0 spiro atoms. The van der Waals surface area contributed by atoms with Crippen LogP contribution in [0.25, 0.3) is 0 Å². The largest absolute Gasteiger partial charge is 0.478 e. The third-order valence-electron chi connectivity index (χ3n) is 1.63. The molecule has 1 N–H and O–H groups in total. The number of halogens is 4. The predicted molar refractivity (Wildman–Crippen MR) is 53.4 cm³/mol. The van der Waals surface area contributed by atoms with E-state index in [9.17, 15) is 13.6 Å². The van der Waals surface area contributed by atoms with Crippen LogP contribution in [-0.4, -0.2) is 16.1 Å². The lowest BCUT2D eigenvalue weighted by molar-refractivity contribution is 0.0693. The highest BCUT2D eigenvalue weighted by Gasteiger charge is 2.19. The molecule has 0 saturated carbocycles. The fourth-order valence-electron chi connectivity index (χ4n) is 1.02. The Hall–Kier alpha value is -0.750. The van der Waals surface area contributed by atoms with Gasteiger partial charge in [-0.25, -0.2) is 18.6 Å². The number of pyridine rings is 1. The number of rotatable bonds is 3. The molecular formula is C8H5BrClF2NO2. The van der Waals surface area contributed by atoms with Crippen LogP contribution < -0.4 is 0 Å². The molecule has 1 rings (SSSR count). The standard InChI is InChI=1S/C8H5BrClF2NO2/c9-3-1-4(7(11)12)13-5(2-10)6(3)8(14)15/h1,7H,2H2,(H,14,15). The number of aromatic carboxylic acids is 1. The highest BCUT2D eigenvalue weighted by molar-refractivity contribution is 9.10. The maximum absolute atomic E-state index is 12.3. The number of alkyl halides is 3. The summed E-state index contributed by atoms with van der Waals surface area (Å²) in [5.74, 6) is -1.49. The SMILES string of the molecule is O=C(O)c1c(Br)cc(C(F)F)nc1CCl. The Morgan fingerprint density at radius 1 is 1.67 bits per heavy atom. The number of hydrogen-bond donors (Lipinski definition) is 1. The van der Waals surface area contributed by atoms with E-state index in [0.717, 1.165) is 6.07 Å². The highest BCUT2D eigenvalue weighted by atomic mass is 79.9. The molecular weight excluding hydrogens is 295 g/mol. The van der Waals surface area contributed by atoms with Gasteiger partial charge < -0.3 is 5.11 Å². The van der Waals surface area contributed by atoms with Gasteiger partial charge in [0.2, 0.25) is 0 Å². The topological polar surface area (TPSA) is 50.2 Å². The Balaban J connectivity index is 3.37. The van der Waals surface area contributed by atoms with Crippen LogP contribution in [-0.2, 0) is 5.88 Å². The van der Waals surface area contributed by atoms with Gasteiger partial charge in [-0.1, -0.05) is 0 Å². The molecule has 0 atom stereocenters. The zero-order valence-electron chi connectivity index (χ0n) is 7.18. The van der Waals surface area contributed by atoms with E-state index in [1.165, 1.54) is 0 Å². The Labute approximate surface area is 97.2 Å². The summed E-state index contributed by atoms with van der Waals surface area (Å²) in [4.78, 5) is 14.2. The van der Waals surface area contributed by atoms with Crippen LogP contribution >= 0.6 is 27.5 Å². The van der Waals surface area contributed by atoms with Crippen LogP contribution in [0.2, 0.25) is 0 Å². The van der Waals surface area contributed by atoms with Crippen molar-refractivity contribution in [3.63, 3.8) is 0 Å². The van der Waals surface area contributed by atoms with E-state index in [1.807, 2.05) is 0 Å². The minimum absolute atomic E-state index is 0.0518. The molecule has 15 heavy (non-hydrogen) atoms. The second kappa shape index (κ2) is 4.85. The number of nitrogens with zero attached hydrogens (tertiary/aromatic N) is 1. The van der Waals surface area contributed by atoms with Gasteiger partial charge >= 0.3 is 5.97 Å². The van der Waals surface area contributed by atoms with Gasteiger partial charge in [0, 0.05) is 4.47 Å². The maximum atomic E-state index is 12.3. The van der Waals surface area contributed by atoms with Crippen LogP contribution in [0.5, 0.6) is 0 Å². The zero-order chi connectivity index (χ0) is 11.6. The first kappa shape index (κ1) is 12.3. The van der Waals surface area contributed by atoms with Crippen molar-refractivity contribution in [2.45, 2.75) is 12.3 Å². The van der Waals surface area contributed by atoms with Crippen LogP contribution in [0.15, 0.2) is 10.5 Å². The van der Waals surface area contributed by atoms with Gasteiger partial charge in [0.15, 0.2) is 0 Å². The van der Waals surface area contributed by atoms with E-state index in [-0.39, 0.29) is 21.6 Å². The lowest BCUT2D eigenvalue weighted by Crippen LogP contribution is -2.07. The summed E-state index contributed by atoms with van der Waals surface area (Å²) >= 11 is 8.33. The smallest absolute Gasteiger partial charge is 0.338 e. The quantitative estimate of drug-likeness (QED) is 0.872. The lowest BCUT2D eigenvalue weighted by Gasteiger charge is -2.07. The van der Waals surface area contributed by atoms with Crippen molar-refractivity contribution in [3.05, 3.63) is 27.5 Å². The normalized spacial score (nSPS) is 10.7. The number of hydrogen-bond acceptors (Lipinski definition) is 2. The van der Waals surface area contributed by atoms with Gasteiger partial charge in [0.05, 0.1) is 17.1 Å². The summed E-state index contributed by atoms with van der Waals surface area (Å²) in [6.07, 6.45) is -2.76. The average molecular weight is 300 g/mol. The fourth-order valence-corrected chi connectivity index (χ4v) is 1.84. The van der Waals surface area contributed by atoms with Crippen molar-refractivity contribution in [2.24, 2.45) is 0 Å². The molecule has 0 bridgehead atoms. The zero-order valence-corrected chi connectivity index (χ0v) is 9.52. The summed E-state index contributed by atoms with van der Waals surface area (Å²) in [5, 5.41) is 8.79. The van der Waals surface area contributed by atoms with Gasteiger partial charge in [-0.05, 0) is 22.0 Å². The van der Waals surface area contributed by atoms with Gasteiger partial charge in [-0.15, -0.1) is 11.6 Å². The average Bonchev–Trinajstić information content (AvgIpc) is 2.15. The van der Waals surface area contributed by atoms with E-state index < -0.39 is 18.1 Å². The van der Waals surface area contributed by atoms with E-state index in [2.05, 4.69) is 20.9 Å². The molecule has 7 heteroatoms. The van der Waals surface area contributed by atoms with Gasteiger partial charge in [-0.2, -0.15) is 0 Å². The first-order chi connectivity index (χ1) is 6.97.